The van der Waals surface area contributed by atoms with Crippen molar-refractivity contribution >= 4 is 34.8 Å². The van der Waals surface area contributed by atoms with Gasteiger partial charge in [0, 0.05) is 101 Å². The van der Waals surface area contributed by atoms with E-state index in [4.69, 9.17) is 0 Å². The molecule has 0 fully saturated rings. The number of fused-ring (bicyclic) bond motifs is 3. The number of hydrogen-bond acceptors (Lipinski definition) is 9. The molecule has 5 atom stereocenters. The zero-order valence-corrected chi connectivity index (χ0v) is 45.2. The lowest BCUT2D eigenvalue weighted by Crippen LogP contribution is -2.39. The van der Waals surface area contributed by atoms with Gasteiger partial charge in [-0.3, -0.25) is 28.8 Å². The molecule has 422 valence electrons. The Hall–Kier alpha value is -7.71. The maximum Gasteiger partial charge on any atom is 0.433 e. The third-order valence-corrected chi connectivity index (χ3v) is 17.3. The first-order valence-corrected chi connectivity index (χ1v) is 26.7. The van der Waals surface area contributed by atoms with Gasteiger partial charge in [0.25, 0.3) is 0 Å². The van der Waals surface area contributed by atoms with E-state index in [2.05, 4.69) is 36.3 Å². The van der Waals surface area contributed by atoms with E-state index in [9.17, 15) is 22.8 Å². The number of aryl methyl sites for hydroxylation is 3. The molecule has 3 aliphatic carbocycles. The van der Waals surface area contributed by atoms with Gasteiger partial charge >= 0.3 is 18.5 Å². The molecular weight excluding hydrogens is 1070 g/mol. The topological polar surface area (TPSA) is 152 Å². The molecular formula is C60H56F9N9O3. The number of benzene rings is 3. The highest BCUT2D eigenvalue weighted by Crippen LogP contribution is 2.58. The van der Waals surface area contributed by atoms with E-state index in [1.807, 2.05) is 13.8 Å². The Labute approximate surface area is 459 Å². The maximum absolute atomic E-state index is 16.1. The number of carbonyl (C=O) groups is 3. The number of hydrogen-bond donors (Lipinski definition) is 4. The molecule has 12 nitrogen and oxygen atoms in total. The molecule has 6 aliphatic rings. The number of Topliss-reactive ketones (excluding diaryl/α,β-unsaturated/α-hetero) is 3. The van der Waals surface area contributed by atoms with Crippen LogP contribution in [-0.4, -0.2) is 47.1 Å². The van der Waals surface area contributed by atoms with Crippen LogP contribution in [0.4, 0.5) is 57.0 Å². The van der Waals surface area contributed by atoms with Gasteiger partial charge in [-0.1, -0.05) is 100 Å². The number of anilines is 3. The maximum atomic E-state index is 16.1. The minimum absolute atomic E-state index is 0.00459. The Bertz CT molecular complexity index is 3810. The Morgan fingerprint density at radius 1 is 0.481 bits per heavy atom. The molecule has 12 rings (SSSR count). The highest BCUT2D eigenvalue weighted by Gasteiger charge is 2.55. The van der Waals surface area contributed by atoms with E-state index in [0.29, 0.717) is 45.5 Å². The van der Waals surface area contributed by atoms with Crippen molar-refractivity contribution in [1.29, 1.82) is 0 Å². The number of carbonyl (C=O) groups excluding carboxylic acids is 3. The fourth-order valence-corrected chi connectivity index (χ4v) is 14.1. The van der Waals surface area contributed by atoms with Gasteiger partial charge in [-0.2, -0.15) is 54.8 Å². The first-order chi connectivity index (χ1) is 37.9. The zero-order valence-electron chi connectivity index (χ0n) is 45.2. The molecule has 6 aromatic rings. The van der Waals surface area contributed by atoms with Crippen LogP contribution in [0.3, 0.4) is 0 Å². The number of aromatic nitrogens is 6. The number of nitrogens with zero attached hydrogens (tertiary/aromatic N) is 5. The second-order valence-corrected chi connectivity index (χ2v) is 24.4. The monoisotopic (exact) mass is 1120 g/mol. The standard InChI is InChI=1S/C60H56F9N9O3/c1-28-14-8-11-17-31(28)40-44-35(70-52-46(40)49(73-74-52)58(61,62)63)21-56(6,24-38(44)80)26-78-51(60(67,68)69)48-42(33-19-13-10-16-30(33)3)45-36(72-54(48)76-78)22-57(7,25-39(45)81)27-77-50(59(64,65)66)47-41(32-18-12-9-15-29(32)2)43-34(71-53(47)75-77)20-55(4,5)23-37(43)79/h8-19,40-42H,20-27H2,1-7H3,(H,71,75)(H,72,76)(H2,70,73,74)/t40?,41-,42+,56?,57?/m0/s1. The second-order valence-electron chi connectivity index (χ2n) is 24.4. The summed E-state index contributed by atoms with van der Waals surface area (Å²) in [4.78, 5) is 43.9. The lowest BCUT2D eigenvalue weighted by Gasteiger charge is -2.41. The summed E-state index contributed by atoms with van der Waals surface area (Å²) in [6, 6.07) is 20.3. The molecule has 0 saturated carbocycles. The number of nitrogens with one attached hydrogen (secondary N) is 4. The van der Waals surface area contributed by atoms with Crippen molar-refractivity contribution in [3.8, 4) is 0 Å². The third-order valence-electron chi connectivity index (χ3n) is 17.3. The van der Waals surface area contributed by atoms with Crippen LogP contribution in [0, 0.1) is 37.0 Å². The molecule has 4 N–H and O–H groups in total. The largest absolute Gasteiger partial charge is 0.433 e. The summed E-state index contributed by atoms with van der Waals surface area (Å²) in [7, 11) is 0. The smallest absolute Gasteiger partial charge is 0.342 e. The normalized spacial score (nSPS) is 24.4. The number of alkyl halides is 9. The van der Waals surface area contributed by atoms with Gasteiger partial charge in [0.15, 0.2) is 34.8 Å². The minimum Gasteiger partial charge on any atom is -0.342 e. The van der Waals surface area contributed by atoms with Gasteiger partial charge < -0.3 is 16.0 Å². The van der Waals surface area contributed by atoms with Crippen molar-refractivity contribution in [2.24, 2.45) is 16.2 Å². The number of aromatic amines is 1. The molecule has 0 saturated heterocycles. The van der Waals surface area contributed by atoms with Crippen LogP contribution in [0.15, 0.2) is 107 Å². The van der Waals surface area contributed by atoms with Crippen LogP contribution in [0.5, 0.6) is 0 Å². The van der Waals surface area contributed by atoms with E-state index in [0.717, 1.165) is 9.36 Å². The number of ketones is 3. The zero-order chi connectivity index (χ0) is 57.8. The summed E-state index contributed by atoms with van der Waals surface area (Å²) in [5, 5.41) is 24.5. The summed E-state index contributed by atoms with van der Waals surface area (Å²) in [6.45, 7) is 11.3. The van der Waals surface area contributed by atoms with Crippen molar-refractivity contribution in [2.75, 3.05) is 16.0 Å². The molecule has 21 heteroatoms. The molecule has 0 spiro atoms. The minimum atomic E-state index is -5.12. The van der Waals surface area contributed by atoms with Crippen molar-refractivity contribution in [3.05, 3.63) is 174 Å². The summed E-state index contributed by atoms with van der Waals surface area (Å²) in [5.74, 6) is -5.62. The Morgan fingerprint density at radius 2 is 0.840 bits per heavy atom. The van der Waals surface area contributed by atoms with Gasteiger partial charge in [-0.05, 0) is 89.7 Å². The molecule has 0 bridgehead atoms. The van der Waals surface area contributed by atoms with Gasteiger partial charge in [-0.25, -0.2) is 0 Å². The summed E-state index contributed by atoms with van der Waals surface area (Å²) in [6.07, 6.45) is -15.5. The lowest BCUT2D eigenvalue weighted by molar-refractivity contribution is -0.146. The van der Waals surface area contributed by atoms with Crippen molar-refractivity contribution in [2.45, 2.75) is 136 Å². The molecule has 3 aromatic heterocycles. The van der Waals surface area contributed by atoms with Crippen molar-refractivity contribution in [1.82, 2.24) is 29.8 Å². The fourth-order valence-electron chi connectivity index (χ4n) is 14.1. The average molecular weight is 1120 g/mol. The third kappa shape index (κ3) is 8.90. The van der Waals surface area contributed by atoms with E-state index in [1.54, 1.807) is 107 Å². The van der Waals surface area contributed by atoms with Gasteiger partial charge in [0.05, 0.1) is 0 Å². The van der Waals surface area contributed by atoms with Crippen LogP contribution in [-0.2, 0) is 46.0 Å². The van der Waals surface area contributed by atoms with E-state index >= 15 is 31.1 Å². The first-order valence-electron chi connectivity index (χ1n) is 26.7. The van der Waals surface area contributed by atoms with Crippen molar-refractivity contribution in [3.63, 3.8) is 0 Å². The Morgan fingerprint density at radius 3 is 1.22 bits per heavy atom. The molecule has 0 amide bonds. The molecule has 6 heterocycles. The summed E-state index contributed by atoms with van der Waals surface area (Å²) in [5.41, 5.74) is -3.10. The van der Waals surface area contributed by atoms with Crippen LogP contribution >= 0.6 is 0 Å². The fraction of sp³-hybridized carbons (Fsp3) is 0.400. The summed E-state index contributed by atoms with van der Waals surface area (Å²) < 4.78 is 142. The Kier molecular flexibility index (Phi) is 12.1. The van der Waals surface area contributed by atoms with E-state index in [1.165, 1.54) is 0 Å². The molecule has 3 aromatic carbocycles. The van der Waals surface area contributed by atoms with Crippen LogP contribution in [0.1, 0.15) is 151 Å². The van der Waals surface area contributed by atoms with E-state index < -0.39 is 94.3 Å². The number of rotatable bonds is 7. The van der Waals surface area contributed by atoms with Crippen LogP contribution in [0.25, 0.3) is 0 Å². The van der Waals surface area contributed by atoms with Gasteiger partial charge in [0.1, 0.15) is 17.1 Å². The SMILES string of the molecule is Cc1ccccc1C1C2=C(CC(C)(Cn3nc4c(c3C(F)(F)F)[C@H](c3ccccc3C)C3=C(CC(C)(Cn5nc6c(c5C(F)(F)F)[C@@H](c5ccccc5C)C5=C(CC(C)(C)CC5=O)N6)CC3=O)N4)CC2=O)Nc2n[nH]c(C(F)(F)F)c21. The second kappa shape index (κ2) is 18.1. The highest BCUT2D eigenvalue weighted by molar-refractivity contribution is 6.03. The number of halogens is 9. The number of allylic oxidation sites excluding steroid dienone is 6. The quantitative estimate of drug-likeness (QED) is 0.115. The number of H-pyrrole nitrogens is 1. The average Bonchev–Trinajstić information content (AvgIpc) is 4.31. The Balaban J connectivity index is 0.933. The molecule has 3 aliphatic heterocycles. The van der Waals surface area contributed by atoms with E-state index in [-0.39, 0.29) is 100 Å². The first kappa shape index (κ1) is 53.9. The molecule has 3 unspecified atom stereocenters. The van der Waals surface area contributed by atoms with Crippen LogP contribution in [0.2, 0.25) is 0 Å². The lowest BCUT2D eigenvalue weighted by atomic mass is 9.67. The molecule has 0 radical (unpaired) electrons. The van der Waals surface area contributed by atoms with Crippen molar-refractivity contribution < 1.29 is 53.9 Å². The van der Waals surface area contributed by atoms with Crippen LogP contribution < -0.4 is 16.0 Å². The predicted molar refractivity (Wildman–Crippen MR) is 282 cm³/mol. The summed E-state index contributed by atoms with van der Waals surface area (Å²) >= 11 is 0. The molecule has 81 heavy (non-hydrogen) atoms. The predicted octanol–water partition coefficient (Wildman–Crippen LogP) is 13.7. The highest BCUT2D eigenvalue weighted by atomic mass is 19.4. The van der Waals surface area contributed by atoms with Gasteiger partial charge in [0.2, 0.25) is 0 Å². The van der Waals surface area contributed by atoms with Gasteiger partial charge in [-0.15, -0.1) is 0 Å².